The summed E-state index contributed by atoms with van der Waals surface area (Å²) in [5.41, 5.74) is 2.12. The Morgan fingerprint density at radius 2 is 1.65 bits per heavy atom. The molecule has 0 aliphatic heterocycles. The molecule has 0 amide bonds. The predicted octanol–water partition coefficient (Wildman–Crippen LogP) is 2.11. The number of anilines is 1. The van der Waals surface area contributed by atoms with Gasteiger partial charge in [0.15, 0.2) is 0 Å². The molecule has 0 radical (unpaired) electrons. The third-order valence-electron chi connectivity index (χ3n) is 3.69. The molecule has 7 nitrogen and oxygen atoms in total. The Bertz CT molecular complexity index is 830. The molecule has 0 bridgehead atoms. The Kier molecular flexibility index (Phi) is 6.70. The Balaban J connectivity index is 1.93. The maximum Gasteiger partial charge on any atom is 0.229 e. The fraction of sp³-hybridized carbons (Fsp3) is 0.333. The minimum absolute atomic E-state index is 0.101. The predicted molar refractivity (Wildman–Crippen MR) is 102 cm³/mol. The number of methoxy groups -OCH3 is 2. The zero-order valence-corrected chi connectivity index (χ0v) is 15.9. The second kappa shape index (κ2) is 8.77. The van der Waals surface area contributed by atoms with Crippen LogP contribution in [0.2, 0.25) is 0 Å². The second-order valence-corrected chi connectivity index (χ2v) is 7.62. The molecular formula is C18H24N2O5S. The summed E-state index contributed by atoms with van der Waals surface area (Å²) in [6, 6.07) is 10.6. The first-order valence-corrected chi connectivity index (χ1v) is 9.92. The number of nitrogens with one attached hydrogen (secondary N) is 2. The number of phenols is 1. The molecule has 8 heteroatoms. The van der Waals surface area contributed by atoms with Gasteiger partial charge in [0.05, 0.1) is 26.2 Å². The number of aromatic hydroxyl groups is 1. The molecular weight excluding hydrogens is 356 g/mol. The van der Waals surface area contributed by atoms with Gasteiger partial charge in [0.1, 0.15) is 17.2 Å². The smallest absolute Gasteiger partial charge is 0.229 e. The van der Waals surface area contributed by atoms with E-state index in [1.54, 1.807) is 26.4 Å². The van der Waals surface area contributed by atoms with Crippen LogP contribution in [0.4, 0.5) is 5.69 Å². The first kappa shape index (κ1) is 19.9. The van der Waals surface area contributed by atoms with Crippen LogP contribution in [0.1, 0.15) is 11.1 Å². The number of hydrogen-bond donors (Lipinski definition) is 3. The van der Waals surface area contributed by atoms with Gasteiger partial charge in [-0.2, -0.15) is 0 Å². The van der Waals surface area contributed by atoms with Crippen molar-refractivity contribution in [1.29, 1.82) is 0 Å². The van der Waals surface area contributed by atoms with Crippen LogP contribution in [0.5, 0.6) is 17.2 Å². The molecule has 2 rings (SSSR count). The normalized spacial score (nSPS) is 11.2. The number of phenolic OH excluding ortho intramolecular Hbond substituents is 1. The highest BCUT2D eigenvalue weighted by Gasteiger charge is 2.08. The van der Waals surface area contributed by atoms with E-state index in [-0.39, 0.29) is 11.4 Å². The molecule has 2 aromatic rings. The highest BCUT2D eigenvalue weighted by Crippen LogP contribution is 2.25. The summed E-state index contributed by atoms with van der Waals surface area (Å²) in [6.45, 7) is 1.32. The summed E-state index contributed by atoms with van der Waals surface area (Å²) in [4.78, 5) is 0. The summed E-state index contributed by atoms with van der Waals surface area (Å²) in [6.07, 6.45) is 1.73. The zero-order chi connectivity index (χ0) is 19.2. The number of ether oxygens (including phenoxy) is 2. The summed E-state index contributed by atoms with van der Waals surface area (Å²) in [7, 11) is -0.220. The van der Waals surface area contributed by atoms with Crippen LogP contribution in [-0.4, -0.2) is 40.5 Å². The first-order chi connectivity index (χ1) is 12.3. The quantitative estimate of drug-likeness (QED) is 0.455. The molecule has 0 heterocycles. The van der Waals surface area contributed by atoms with Gasteiger partial charge in [-0.25, -0.2) is 8.42 Å². The minimum atomic E-state index is -3.44. The summed E-state index contributed by atoms with van der Waals surface area (Å²) >= 11 is 0. The molecule has 0 spiro atoms. The topological polar surface area (TPSA) is 96.9 Å². The molecule has 3 N–H and O–H groups in total. The lowest BCUT2D eigenvalue weighted by atomic mass is 10.1. The van der Waals surface area contributed by atoms with Crippen molar-refractivity contribution in [2.24, 2.45) is 0 Å². The molecule has 0 unspecified atom stereocenters. The van der Waals surface area contributed by atoms with Crippen LogP contribution in [0.25, 0.3) is 0 Å². The van der Waals surface area contributed by atoms with Crippen LogP contribution in [0, 0.1) is 0 Å². The van der Waals surface area contributed by atoms with Crippen molar-refractivity contribution < 1.29 is 23.0 Å². The number of benzene rings is 2. The molecule has 0 aliphatic carbocycles. The van der Waals surface area contributed by atoms with E-state index in [9.17, 15) is 13.5 Å². The third-order valence-corrected chi connectivity index (χ3v) is 4.28. The fourth-order valence-electron chi connectivity index (χ4n) is 2.45. The molecule has 0 saturated heterocycles. The lowest BCUT2D eigenvalue weighted by Gasteiger charge is -2.11. The van der Waals surface area contributed by atoms with Gasteiger partial charge in [-0.3, -0.25) is 4.72 Å². The molecule has 0 aliphatic rings. The highest BCUT2D eigenvalue weighted by atomic mass is 32.2. The van der Waals surface area contributed by atoms with E-state index in [1.165, 1.54) is 6.07 Å². The largest absolute Gasteiger partial charge is 0.506 e. The van der Waals surface area contributed by atoms with Crippen LogP contribution in [0.3, 0.4) is 0 Å². The molecule has 142 valence electrons. The van der Waals surface area contributed by atoms with E-state index < -0.39 is 10.0 Å². The lowest BCUT2D eigenvalue weighted by molar-refractivity contribution is 0.393. The van der Waals surface area contributed by atoms with Crippen LogP contribution < -0.4 is 19.5 Å². The molecule has 0 fully saturated rings. The average molecular weight is 380 g/mol. The molecule has 0 aromatic heterocycles. The molecule has 0 atom stereocenters. The van der Waals surface area contributed by atoms with Gasteiger partial charge >= 0.3 is 0 Å². The molecule has 0 saturated carbocycles. The van der Waals surface area contributed by atoms with E-state index >= 15 is 0 Å². The maximum atomic E-state index is 11.3. The molecule has 26 heavy (non-hydrogen) atoms. The summed E-state index contributed by atoms with van der Waals surface area (Å²) < 4.78 is 35.5. The number of rotatable bonds is 9. The highest BCUT2D eigenvalue weighted by molar-refractivity contribution is 7.92. The molecule has 2 aromatic carbocycles. The zero-order valence-electron chi connectivity index (χ0n) is 15.1. The standard InChI is InChI=1S/C18H24N2O5S/c1-24-15-8-14(9-16(11-15)25-2)12-19-7-6-13-4-5-18(21)17(10-13)20-26(3,22)23/h4-5,8-11,19-21H,6-7,12H2,1-3H3. The maximum absolute atomic E-state index is 11.3. The Morgan fingerprint density at radius 3 is 2.23 bits per heavy atom. The SMILES string of the molecule is COc1cc(CNCCc2ccc(O)c(NS(C)(=O)=O)c2)cc(OC)c1. The van der Waals surface area contributed by atoms with E-state index in [1.807, 2.05) is 18.2 Å². The van der Waals surface area contributed by atoms with Crippen molar-refractivity contribution in [3.05, 3.63) is 47.5 Å². The van der Waals surface area contributed by atoms with Crippen LogP contribution in [0.15, 0.2) is 36.4 Å². The van der Waals surface area contributed by atoms with Gasteiger partial charge in [0.25, 0.3) is 0 Å². The first-order valence-electron chi connectivity index (χ1n) is 8.03. The third kappa shape index (κ3) is 6.12. The second-order valence-electron chi connectivity index (χ2n) is 5.87. The van der Waals surface area contributed by atoms with Crippen molar-refractivity contribution in [2.45, 2.75) is 13.0 Å². The monoisotopic (exact) mass is 380 g/mol. The summed E-state index contributed by atoms with van der Waals surface area (Å²) in [5, 5.41) is 13.1. The van der Waals surface area contributed by atoms with Crippen LogP contribution >= 0.6 is 0 Å². The van der Waals surface area contributed by atoms with Crippen molar-refractivity contribution in [3.8, 4) is 17.2 Å². The average Bonchev–Trinajstić information content (AvgIpc) is 2.59. The Hall–Kier alpha value is -2.45. The van der Waals surface area contributed by atoms with Crippen molar-refractivity contribution in [1.82, 2.24) is 5.32 Å². The van der Waals surface area contributed by atoms with Gasteiger partial charge in [0.2, 0.25) is 10.0 Å². The van der Waals surface area contributed by atoms with Gasteiger partial charge in [-0.05, 0) is 48.4 Å². The Morgan fingerprint density at radius 1 is 1.00 bits per heavy atom. The van der Waals surface area contributed by atoms with Gasteiger partial charge in [-0.1, -0.05) is 6.07 Å². The fourth-order valence-corrected chi connectivity index (χ4v) is 3.02. The minimum Gasteiger partial charge on any atom is -0.506 e. The summed E-state index contributed by atoms with van der Waals surface area (Å²) in [5.74, 6) is 1.36. The lowest BCUT2D eigenvalue weighted by Crippen LogP contribution is -2.17. The Labute approximate surface area is 154 Å². The number of hydrogen-bond acceptors (Lipinski definition) is 6. The van der Waals surface area contributed by atoms with Crippen molar-refractivity contribution >= 4 is 15.7 Å². The van der Waals surface area contributed by atoms with Crippen molar-refractivity contribution in [2.75, 3.05) is 31.7 Å². The van der Waals surface area contributed by atoms with Crippen molar-refractivity contribution in [3.63, 3.8) is 0 Å². The van der Waals surface area contributed by atoms with E-state index in [0.29, 0.717) is 19.5 Å². The van der Waals surface area contributed by atoms with Crippen LogP contribution in [-0.2, 0) is 23.0 Å². The van der Waals surface area contributed by atoms with Gasteiger partial charge < -0.3 is 19.9 Å². The number of sulfonamides is 1. The van der Waals surface area contributed by atoms with E-state index in [4.69, 9.17) is 9.47 Å². The van der Waals surface area contributed by atoms with Gasteiger partial charge in [-0.15, -0.1) is 0 Å². The van der Waals surface area contributed by atoms with E-state index in [2.05, 4.69) is 10.0 Å². The van der Waals surface area contributed by atoms with E-state index in [0.717, 1.165) is 28.9 Å². The van der Waals surface area contributed by atoms with Gasteiger partial charge in [0, 0.05) is 12.6 Å².